The molecule has 0 aromatic carbocycles. The molecule has 0 bridgehead atoms. The molecule has 1 fully saturated rings. The Morgan fingerprint density at radius 3 is 2.27 bits per heavy atom. The highest BCUT2D eigenvalue weighted by Crippen LogP contribution is 2.60. The fourth-order valence-corrected chi connectivity index (χ4v) is 1.29. The fourth-order valence-electron chi connectivity index (χ4n) is 1.29. The minimum atomic E-state index is -2.92. The van der Waals surface area contributed by atoms with Gasteiger partial charge in [-0.2, -0.15) is 5.26 Å². The van der Waals surface area contributed by atoms with Crippen LogP contribution in [0.5, 0.6) is 0 Å². The molecule has 0 aromatic rings. The van der Waals surface area contributed by atoms with Crippen molar-refractivity contribution >= 4 is 5.91 Å². The van der Waals surface area contributed by atoms with Gasteiger partial charge in [-0.15, -0.1) is 0 Å². The number of nitrogens with one attached hydrogen (secondary N) is 1. The summed E-state index contributed by atoms with van der Waals surface area (Å²) in [7, 11) is 0. The topological polar surface area (TPSA) is 52.9 Å². The quantitative estimate of drug-likeness (QED) is 0.780. The molecule has 0 aliphatic heterocycles. The van der Waals surface area contributed by atoms with Crippen LogP contribution in [0.2, 0.25) is 0 Å². The summed E-state index contributed by atoms with van der Waals surface area (Å²) < 4.78 is 25.7. The van der Waals surface area contributed by atoms with Crippen molar-refractivity contribution in [1.29, 1.82) is 5.26 Å². The van der Waals surface area contributed by atoms with Gasteiger partial charge in [0, 0.05) is 6.42 Å². The second-order valence-electron chi connectivity index (χ2n) is 4.54. The first kappa shape index (κ1) is 11.9. The zero-order valence-electron chi connectivity index (χ0n) is 8.97. The molecule has 2 atom stereocenters. The first-order chi connectivity index (χ1) is 6.74. The van der Waals surface area contributed by atoms with Gasteiger partial charge in [0.1, 0.15) is 11.5 Å². The molecule has 0 heterocycles. The van der Waals surface area contributed by atoms with Crippen molar-refractivity contribution in [2.75, 3.05) is 0 Å². The molecule has 0 saturated heterocycles. The van der Waals surface area contributed by atoms with Gasteiger partial charge >= 0.3 is 0 Å². The van der Waals surface area contributed by atoms with E-state index in [0.29, 0.717) is 0 Å². The Morgan fingerprint density at radius 2 is 2.00 bits per heavy atom. The average Bonchev–Trinajstić information content (AvgIpc) is 2.62. The third kappa shape index (κ3) is 1.94. The maximum absolute atomic E-state index is 12.8. The van der Waals surface area contributed by atoms with Crippen LogP contribution in [0.15, 0.2) is 0 Å². The van der Waals surface area contributed by atoms with Crippen LogP contribution >= 0.6 is 0 Å². The number of hydrogen-bond acceptors (Lipinski definition) is 2. The molecule has 0 radical (unpaired) electrons. The van der Waals surface area contributed by atoms with Crippen molar-refractivity contribution in [3.05, 3.63) is 0 Å². The molecule has 1 unspecified atom stereocenters. The molecule has 1 amide bonds. The Balaban J connectivity index is 2.62. The van der Waals surface area contributed by atoms with Crippen molar-refractivity contribution in [2.24, 2.45) is 11.3 Å². The van der Waals surface area contributed by atoms with Gasteiger partial charge in [0.2, 0.25) is 5.91 Å². The van der Waals surface area contributed by atoms with Crippen molar-refractivity contribution in [1.82, 2.24) is 5.32 Å². The lowest BCUT2D eigenvalue weighted by Gasteiger charge is -2.17. The average molecular weight is 216 g/mol. The molecule has 0 spiro atoms. The second kappa shape index (κ2) is 3.44. The highest BCUT2D eigenvalue weighted by atomic mass is 19.3. The molecule has 84 valence electrons. The molecule has 1 rings (SSSR count). The van der Waals surface area contributed by atoms with Crippen molar-refractivity contribution in [2.45, 2.75) is 39.2 Å². The van der Waals surface area contributed by atoms with E-state index in [4.69, 9.17) is 5.26 Å². The van der Waals surface area contributed by atoms with Gasteiger partial charge in [0.05, 0.1) is 6.07 Å². The van der Waals surface area contributed by atoms with Crippen LogP contribution in [0.25, 0.3) is 0 Å². The zero-order valence-corrected chi connectivity index (χ0v) is 8.97. The number of carbonyl (C=O) groups is 1. The molecule has 0 aromatic heterocycles. The normalized spacial score (nSPS) is 29.4. The zero-order chi connectivity index (χ0) is 11.9. The molecule has 1 aliphatic rings. The Hall–Kier alpha value is -1.18. The number of halogens is 2. The third-order valence-corrected chi connectivity index (χ3v) is 2.85. The van der Waals surface area contributed by atoms with E-state index in [9.17, 15) is 13.6 Å². The van der Waals surface area contributed by atoms with Gasteiger partial charge in [-0.3, -0.25) is 4.79 Å². The molecule has 5 heteroatoms. The van der Waals surface area contributed by atoms with Crippen LogP contribution < -0.4 is 5.32 Å². The Bertz CT molecular complexity index is 322. The van der Waals surface area contributed by atoms with Crippen LogP contribution in [0, 0.1) is 22.7 Å². The molecular formula is C10H14F2N2O. The second-order valence-corrected chi connectivity index (χ2v) is 4.54. The predicted molar refractivity (Wildman–Crippen MR) is 50.1 cm³/mol. The standard InChI is InChI=1S/C10H14F2N2O/c1-6(2)7(4-13)14-8(15)9(3)5-10(9,11)12/h6-7H,5H2,1-3H3,(H,14,15)/t7-,9?/m0/s1. The first-order valence-corrected chi connectivity index (χ1v) is 4.83. The number of nitriles is 1. The van der Waals surface area contributed by atoms with E-state index in [2.05, 4.69) is 5.32 Å². The lowest BCUT2D eigenvalue weighted by molar-refractivity contribution is -0.129. The van der Waals surface area contributed by atoms with Gasteiger partial charge in [0.15, 0.2) is 0 Å². The minimum absolute atomic E-state index is 0.0880. The van der Waals surface area contributed by atoms with E-state index in [0.717, 1.165) is 0 Å². The van der Waals surface area contributed by atoms with Crippen molar-refractivity contribution in [3.8, 4) is 6.07 Å². The molecule has 1 saturated carbocycles. The monoisotopic (exact) mass is 216 g/mol. The van der Waals surface area contributed by atoms with E-state index in [-0.39, 0.29) is 5.92 Å². The number of nitrogens with zero attached hydrogens (tertiary/aromatic N) is 1. The Morgan fingerprint density at radius 1 is 1.53 bits per heavy atom. The molecule has 1 N–H and O–H groups in total. The first-order valence-electron chi connectivity index (χ1n) is 4.83. The summed E-state index contributed by atoms with van der Waals surface area (Å²) in [5.41, 5.74) is -1.61. The maximum Gasteiger partial charge on any atom is 0.263 e. The van der Waals surface area contributed by atoms with Gasteiger partial charge in [-0.05, 0) is 12.8 Å². The molecule has 3 nitrogen and oxygen atoms in total. The largest absolute Gasteiger partial charge is 0.339 e. The Labute approximate surface area is 87.5 Å². The summed E-state index contributed by atoms with van der Waals surface area (Å²) in [4.78, 5) is 11.5. The summed E-state index contributed by atoms with van der Waals surface area (Å²) >= 11 is 0. The van der Waals surface area contributed by atoms with Gasteiger partial charge in [-0.25, -0.2) is 8.78 Å². The van der Waals surface area contributed by atoms with Crippen LogP contribution in [-0.2, 0) is 4.79 Å². The number of carbonyl (C=O) groups excluding carboxylic acids is 1. The van der Waals surface area contributed by atoms with Gasteiger partial charge in [0.25, 0.3) is 5.92 Å². The van der Waals surface area contributed by atoms with Crippen LogP contribution in [-0.4, -0.2) is 17.9 Å². The summed E-state index contributed by atoms with van der Waals surface area (Å²) in [6.45, 7) is 4.72. The molecule has 1 aliphatic carbocycles. The minimum Gasteiger partial charge on any atom is -0.339 e. The SMILES string of the molecule is CC(C)[C@H](C#N)NC(=O)C1(C)CC1(F)F. The summed E-state index contributed by atoms with van der Waals surface area (Å²) in [5.74, 6) is -3.74. The number of hydrogen-bond donors (Lipinski definition) is 1. The van der Waals surface area contributed by atoms with Crippen LogP contribution in [0.1, 0.15) is 27.2 Å². The highest BCUT2D eigenvalue weighted by molar-refractivity contribution is 5.87. The lowest BCUT2D eigenvalue weighted by Crippen LogP contribution is -2.42. The lowest BCUT2D eigenvalue weighted by atomic mass is 10.0. The predicted octanol–water partition coefficient (Wildman–Crippen LogP) is 1.70. The molecule has 15 heavy (non-hydrogen) atoms. The van der Waals surface area contributed by atoms with Gasteiger partial charge in [-0.1, -0.05) is 13.8 Å². The highest BCUT2D eigenvalue weighted by Gasteiger charge is 2.72. The summed E-state index contributed by atoms with van der Waals surface area (Å²) in [6, 6.07) is 1.18. The number of amides is 1. The van der Waals surface area contributed by atoms with Crippen molar-refractivity contribution < 1.29 is 13.6 Å². The summed E-state index contributed by atoms with van der Waals surface area (Å²) in [5, 5.41) is 11.1. The van der Waals surface area contributed by atoms with Crippen molar-refractivity contribution in [3.63, 3.8) is 0 Å². The third-order valence-electron chi connectivity index (χ3n) is 2.85. The maximum atomic E-state index is 12.8. The van der Waals surface area contributed by atoms with Crippen LogP contribution in [0.4, 0.5) is 8.78 Å². The Kier molecular flexibility index (Phi) is 2.73. The van der Waals surface area contributed by atoms with Gasteiger partial charge < -0.3 is 5.32 Å². The van der Waals surface area contributed by atoms with E-state index < -0.39 is 29.7 Å². The van der Waals surface area contributed by atoms with E-state index in [1.165, 1.54) is 6.92 Å². The fraction of sp³-hybridized carbons (Fsp3) is 0.800. The number of rotatable bonds is 3. The van der Waals surface area contributed by atoms with E-state index >= 15 is 0 Å². The molecular weight excluding hydrogens is 202 g/mol. The number of alkyl halides is 2. The van der Waals surface area contributed by atoms with Crippen LogP contribution in [0.3, 0.4) is 0 Å². The smallest absolute Gasteiger partial charge is 0.263 e. The van der Waals surface area contributed by atoms with E-state index in [1.54, 1.807) is 13.8 Å². The van der Waals surface area contributed by atoms with E-state index in [1.807, 2.05) is 6.07 Å². The summed E-state index contributed by atoms with van der Waals surface area (Å²) in [6.07, 6.45) is -0.428.